The van der Waals surface area contributed by atoms with Crippen molar-refractivity contribution in [1.29, 1.82) is 0 Å². The van der Waals surface area contributed by atoms with Gasteiger partial charge in [-0.25, -0.2) is 0 Å². The Labute approximate surface area is 131 Å². The monoisotopic (exact) mass is 298 g/mol. The van der Waals surface area contributed by atoms with Crippen LogP contribution in [0.4, 0.5) is 0 Å². The zero-order valence-electron chi connectivity index (χ0n) is 14.2. The number of hydrogen-bond donors (Lipinski definition) is 0. The predicted octanol–water partition coefficient (Wildman–Crippen LogP) is 4.69. The normalized spacial score (nSPS) is 24.7. The van der Waals surface area contributed by atoms with E-state index in [2.05, 4.69) is 30.8 Å². The van der Waals surface area contributed by atoms with Crippen LogP contribution in [-0.4, -0.2) is 30.5 Å². The summed E-state index contributed by atoms with van der Waals surface area (Å²) in [6, 6.07) is 0. The van der Waals surface area contributed by atoms with Gasteiger partial charge in [-0.15, -0.1) is 0 Å². The van der Waals surface area contributed by atoms with Gasteiger partial charge < -0.3 is 9.53 Å². The van der Waals surface area contributed by atoms with Gasteiger partial charge in [-0.2, -0.15) is 0 Å². The highest BCUT2D eigenvalue weighted by molar-refractivity contribution is 5.85. The quantitative estimate of drug-likeness (QED) is 0.521. The van der Waals surface area contributed by atoms with Crippen LogP contribution in [0.3, 0.4) is 0 Å². The predicted molar refractivity (Wildman–Crippen MR) is 94.3 cm³/mol. The second-order valence-corrected chi connectivity index (χ2v) is 4.55. The average molecular weight is 298 g/mol. The van der Waals surface area contributed by atoms with E-state index in [0.29, 0.717) is 12.0 Å². The number of rotatable bonds is 1. The first-order valence-corrected chi connectivity index (χ1v) is 7.05. The third-order valence-electron chi connectivity index (χ3n) is 2.91. The molecule has 0 N–H and O–H groups in total. The van der Waals surface area contributed by atoms with Crippen molar-refractivity contribution in [3.8, 4) is 0 Å². The van der Waals surface area contributed by atoms with Gasteiger partial charge in [-0.3, -0.25) is 9.98 Å². The zero-order chi connectivity index (χ0) is 16.1. The van der Waals surface area contributed by atoms with Gasteiger partial charge >= 0.3 is 0 Å². The van der Waals surface area contributed by atoms with E-state index in [4.69, 9.17) is 9.53 Å². The first kappa shape index (κ1) is 24.7. The van der Waals surface area contributed by atoms with E-state index in [0.717, 1.165) is 12.0 Å². The lowest BCUT2D eigenvalue weighted by atomic mass is 10.00. The fourth-order valence-corrected chi connectivity index (χ4v) is 1.48. The minimum absolute atomic E-state index is 0. The molecule has 0 fully saturated rings. The Morgan fingerprint density at radius 3 is 2.00 bits per heavy atom. The molecule has 1 heterocycles. The molecule has 0 aromatic carbocycles. The second kappa shape index (κ2) is 15.1. The number of carbonyl (C=O) groups is 1. The van der Waals surface area contributed by atoms with Crippen molar-refractivity contribution < 1.29 is 9.53 Å². The van der Waals surface area contributed by atoms with Gasteiger partial charge in [0.05, 0.1) is 6.10 Å². The van der Waals surface area contributed by atoms with Gasteiger partial charge in [0.25, 0.3) is 0 Å². The molecule has 4 nitrogen and oxygen atoms in total. The van der Waals surface area contributed by atoms with Gasteiger partial charge in [0.15, 0.2) is 0 Å². The number of ether oxygens (including phenoxy) is 1. The lowest BCUT2D eigenvalue weighted by Gasteiger charge is -2.28. The van der Waals surface area contributed by atoms with Crippen LogP contribution in [0.25, 0.3) is 0 Å². The van der Waals surface area contributed by atoms with E-state index in [1.165, 1.54) is 12.6 Å². The minimum Gasteiger partial charge on any atom is -0.353 e. The summed E-state index contributed by atoms with van der Waals surface area (Å²) >= 11 is 0. The number of carbonyl (C=O) groups excluding carboxylic acids is 1. The molecule has 0 aromatic rings. The molecule has 0 saturated heterocycles. The minimum atomic E-state index is 0. The molecule has 21 heavy (non-hydrogen) atoms. The summed E-state index contributed by atoms with van der Waals surface area (Å²) in [5, 5.41) is 0. The topological polar surface area (TPSA) is 51.0 Å². The van der Waals surface area contributed by atoms with Crippen LogP contribution >= 0.6 is 0 Å². The lowest BCUT2D eigenvalue weighted by molar-refractivity contribution is -0.106. The number of nitrogens with zero attached hydrogens (tertiary/aromatic N) is 2. The molecular formula is C17H34N2O2. The molecule has 1 rings (SSSR count). The van der Waals surface area contributed by atoms with Crippen molar-refractivity contribution in [3.63, 3.8) is 0 Å². The van der Waals surface area contributed by atoms with Gasteiger partial charge in [0.2, 0.25) is 0 Å². The molecule has 1 aliphatic heterocycles. The summed E-state index contributed by atoms with van der Waals surface area (Å²) < 4.78 is 5.48. The molecule has 0 aliphatic carbocycles. The van der Waals surface area contributed by atoms with Crippen molar-refractivity contribution >= 4 is 18.2 Å². The van der Waals surface area contributed by atoms with Crippen LogP contribution in [0.5, 0.6) is 0 Å². The van der Waals surface area contributed by atoms with E-state index < -0.39 is 0 Å². The molecule has 0 bridgehead atoms. The first-order chi connectivity index (χ1) is 9.33. The van der Waals surface area contributed by atoms with Gasteiger partial charge in [-0.1, -0.05) is 20.4 Å². The molecular weight excluding hydrogens is 264 g/mol. The highest BCUT2D eigenvalue weighted by atomic mass is 16.5. The van der Waals surface area contributed by atoms with Crippen molar-refractivity contribution in [2.24, 2.45) is 15.9 Å². The zero-order valence-corrected chi connectivity index (χ0v) is 14.2. The summed E-state index contributed by atoms with van der Waals surface area (Å²) in [4.78, 5) is 17.1. The maximum Gasteiger partial charge on any atom is 0.145 e. The number of aliphatic imine (C=N–C) groups is 2. The lowest BCUT2D eigenvalue weighted by Crippen LogP contribution is -2.32. The molecule has 0 aromatic heterocycles. The molecule has 124 valence electrons. The third kappa shape index (κ3) is 13.4. The number of hydrogen-bond acceptors (Lipinski definition) is 4. The maximum absolute atomic E-state index is 8.81. The van der Waals surface area contributed by atoms with E-state index in [-0.39, 0.29) is 13.7 Å². The van der Waals surface area contributed by atoms with Crippen molar-refractivity contribution in [2.45, 2.75) is 75.1 Å². The summed E-state index contributed by atoms with van der Waals surface area (Å²) in [6.07, 6.45) is 4.90. The van der Waals surface area contributed by atoms with E-state index in [9.17, 15) is 0 Å². The molecule has 0 unspecified atom stereocenters. The summed E-state index contributed by atoms with van der Waals surface area (Å²) in [6.45, 7) is 15.6. The first-order valence-electron chi connectivity index (χ1n) is 7.05. The highest BCUT2D eigenvalue weighted by Crippen LogP contribution is 2.17. The molecule has 1 aliphatic rings. The van der Waals surface area contributed by atoms with Crippen LogP contribution in [0.15, 0.2) is 21.8 Å². The van der Waals surface area contributed by atoms with Crippen LogP contribution < -0.4 is 0 Å². The summed E-state index contributed by atoms with van der Waals surface area (Å²) in [7, 11) is 0. The van der Waals surface area contributed by atoms with Crippen molar-refractivity contribution in [1.82, 2.24) is 0 Å². The molecule has 0 radical (unpaired) electrons. The highest BCUT2D eigenvalue weighted by Gasteiger charge is 2.22. The van der Waals surface area contributed by atoms with E-state index in [1.807, 2.05) is 33.8 Å². The Morgan fingerprint density at radius 1 is 1.24 bits per heavy atom. The Hall–Kier alpha value is -1.29. The van der Waals surface area contributed by atoms with Crippen molar-refractivity contribution in [2.75, 3.05) is 0 Å². The summed E-state index contributed by atoms with van der Waals surface area (Å²) in [5.74, 6) is 0.483. The largest absolute Gasteiger partial charge is 0.353 e. The van der Waals surface area contributed by atoms with Gasteiger partial charge in [0.1, 0.15) is 12.5 Å². The smallest absolute Gasteiger partial charge is 0.145 e. The van der Waals surface area contributed by atoms with Gasteiger partial charge in [0, 0.05) is 23.5 Å². The SMILES string of the molecule is C.CC1=N[C@@H](C)O[C@@H](C)[C@H]1C.CC=N/C(C)=C/C.CC=O. The molecule has 0 amide bonds. The van der Waals surface area contributed by atoms with Crippen LogP contribution in [0, 0.1) is 5.92 Å². The molecule has 0 spiro atoms. The van der Waals surface area contributed by atoms with Crippen molar-refractivity contribution in [3.05, 3.63) is 11.8 Å². The number of allylic oxidation sites excluding steroid dienone is 2. The Balaban J connectivity index is -0.000000261. The average Bonchev–Trinajstić information content (AvgIpc) is 2.37. The van der Waals surface area contributed by atoms with Crippen LogP contribution in [0.2, 0.25) is 0 Å². The molecule has 3 atom stereocenters. The fourth-order valence-electron chi connectivity index (χ4n) is 1.48. The molecule has 4 heteroatoms. The Kier molecular flexibility index (Phi) is 17.8. The van der Waals surface area contributed by atoms with Crippen LogP contribution in [0.1, 0.15) is 62.8 Å². The van der Waals surface area contributed by atoms with Gasteiger partial charge in [-0.05, 0) is 48.5 Å². The Morgan fingerprint density at radius 2 is 1.71 bits per heavy atom. The Bertz CT molecular complexity index is 347. The third-order valence-corrected chi connectivity index (χ3v) is 2.91. The standard InChI is InChI=1S/C8H15NO.C6H11N.C2H4O.CH4/c1-5-6(2)9-8(4)10-7(5)3;1-4-6(3)7-5-2;1-2-3;/h5,7-8H,1-4H3;4-5H,1-3H3;2H,1H3;1H4/b;6-4+,7-5?;;/t5-,7-,8+;;;/m0.../s1. The van der Waals surface area contributed by atoms with E-state index in [1.54, 1.807) is 6.21 Å². The van der Waals surface area contributed by atoms with E-state index >= 15 is 0 Å². The fraction of sp³-hybridized carbons (Fsp3) is 0.706. The molecule has 0 saturated carbocycles. The number of aldehydes is 1. The maximum atomic E-state index is 8.81. The summed E-state index contributed by atoms with van der Waals surface area (Å²) in [5.41, 5.74) is 2.29. The van der Waals surface area contributed by atoms with Crippen LogP contribution in [-0.2, 0) is 9.53 Å². The second-order valence-electron chi connectivity index (χ2n) is 4.55.